The fourth-order valence-corrected chi connectivity index (χ4v) is 5.08. The summed E-state index contributed by atoms with van der Waals surface area (Å²) in [7, 11) is 1.39. The number of ketones is 1. The fourth-order valence-electron chi connectivity index (χ4n) is 5.08. The molecule has 4 rings (SSSR count). The average molecular weight is 477 g/mol. The quantitative estimate of drug-likeness (QED) is 0.451. The number of hydrogen-bond acceptors (Lipinski definition) is 5. The van der Waals surface area contributed by atoms with Crippen LogP contribution in [0, 0.1) is 11.8 Å². The summed E-state index contributed by atoms with van der Waals surface area (Å²) >= 11 is 0. The van der Waals surface area contributed by atoms with E-state index in [1.165, 1.54) is 7.11 Å². The third-order valence-electron chi connectivity index (χ3n) is 6.91. The van der Waals surface area contributed by atoms with E-state index in [0.29, 0.717) is 32.2 Å². The second kappa shape index (κ2) is 11.2. The molecule has 1 aromatic heterocycles. The SMILES string of the molecule is CC[C@@H]1C[C@@H](C(=O)OC)C[C@H](c2[nH]c3ccccc3c2CCNC(=O)OCc2ccccc2)C1=O. The Labute approximate surface area is 205 Å². The molecule has 3 aromatic rings. The van der Waals surface area contributed by atoms with Gasteiger partial charge in [0, 0.05) is 29.1 Å². The average Bonchev–Trinajstić information content (AvgIpc) is 3.26. The molecule has 1 amide bonds. The number of esters is 1. The van der Waals surface area contributed by atoms with Crippen molar-refractivity contribution in [3.8, 4) is 0 Å². The Morgan fingerprint density at radius 3 is 2.54 bits per heavy atom. The molecule has 35 heavy (non-hydrogen) atoms. The first kappa shape index (κ1) is 24.5. The molecule has 7 heteroatoms. The lowest BCUT2D eigenvalue weighted by molar-refractivity contribution is -0.148. The van der Waals surface area contributed by atoms with Gasteiger partial charge in [-0.15, -0.1) is 0 Å². The first-order valence-corrected chi connectivity index (χ1v) is 12.2. The number of nitrogens with one attached hydrogen (secondary N) is 2. The molecule has 7 nitrogen and oxygen atoms in total. The number of carbonyl (C=O) groups is 3. The summed E-state index contributed by atoms with van der Waals surface area (Å²) in [5, 5.41) is 3.84. The van der Waals surface area contributed by atoms with Crippen molar-refractivity contribution in [3.63, 3.8) is 0 Å². The van der Waals surface area contributed by atoms with Crippen LogP contribution < -0.4 is 5.32 Å². The van der Waals surface area contributed by atoms with Crippen LogP contribution in [0.3, 0.4) is 0 Å². The lowest BCUT2D eigenvalue weighted by Crippen LogP contribution is -2.36. The van der Waals surface area contributed by atoms with Crippen LogP contribution in [0.2, 0.25) is 0 Å². The fraction of sp³-hybridized carbons (Fsp3) is 0.393. The minimum atomic E-state index is -0.485. The van der Waals surface area contributed by atoms with E-state index in [4.69, 9.17) is 9.47 Å². The molecule has 0 spiro atoms. The molecule has 2 N–H and O–H groups in total. The van der Waals surface area contributed by atoms with Crippen LogP contribution >= 0.6 is 0 Å². The zero-order chi connectivity index (χ0) is 24.8. The summed E-state index contributed by atoms with van der Waals surface area (Å²) in [4.78, 5) is 41.4. The van der Waals surface area contributed by atoms with Gasteiger partial charge in [-0.3, -0.25) is 9.59 Å². The molecule has 3 atom stereocenters. The number of benzene rings is 2. The Morgan fingerprint density at radius 1 is 1.06 bits per heavy atom. The van der Waals surface area contributed by atoms with Gasteiger partial charge in [0.1, 0.15) is 12.4 Å². The molecule has 0 bridgehead atoms. The molecule has 1 heterocycles. The van der Waals surface area contributed by atoms with Gasteiger partial charge in [0.15, 0.2) is 0 Å². The van der Waals surface area contributed by atoms with Crippen molar-refractivity contribution >= 4 is 28.7 Å². The van der Waals surface area contributed by atoms with Gasteiger partial charge in [0.2, 0.25) is 0 Å². The van der Waals surface area contributed by atoms with E-state index in [1.807, 2.05) is 61.5 Å². The zero-order valence-electron chi connectivity index (χ0n) is 20.2. The highest BCUT2D eigenvalue weighted by Crippen LogP contribution is 2.41. The first-order chi connectivity index (χ1) is 17.0. The van der Waals surface area contributed by atoms with Crippen LogP contribution in [0.5, 0.6) is 0 Å². The van der Waals surface area contributed by atoms with Gasteiger partial charge in [-0.25, -0.2) is 4.79 Å². The highest BCUT2D eigenvalue weighted by Gasteiger charge is 2.41. The number of para-hydroxylation sites is 1. The van der Waals surface area contributed by atoms with Gasteiger partial charge in [0.25, 0.3) is 0 Å². The maximum Gasteiger partial charge on any atom is 0.407 e. The summed E-state index contributed by atoms with van der Waals surface area (Å²) in [5.41, 5.74) is 3.68. The van der Waals surface area contributed by atoms with Crippen molar-refractivity contribution in [3.05, 3.63) is 71.4 Å². The third-order valence-corrected chi connectivity index (χ3v) is 6.91. The van der Waals surface area contributed by atoms with E-state index >= 15 is 0 Å². The molecule has 1 fully saturated rings. The molecule has 0 aliphatic heterocycles. The second-order valence-electron chi connectivity index (χ2n) is 9.05. The maximum atomic E-state index is 13.4. The van der Waals surface area contributed by atoms with Crippen LogP contribution in [-0.2, 0) is 32.1 Å². The van der Waals surface area contributed by atoms with E-state index < -0.39 is 12.0 Å². The highest BCUT2D eigenvalue weighted by atomic mass is 16.5. The molecule has 0 saturated heterocycles. The number of aromatic amines is 1. The number of fused-ring (bicyclic) bond motifs is 1. The molecule has 0 radical (unpaired) electrons. The van der Waals surface area contributed by atoms with Crippen molar-refractivity contribution in [1.82, 2.24) is 10.3 Å². The predicted molar refractivity (Wildman–Crippen MR) is 133 cm³/mol. The number of H-pyrrole nitrogens is 1. The van der Waals surface area contributed by atoms with Crippen LogP contribution in [-0.4, -0.2) is 36.5 Å². The number of rotatable bonds is 8. The van der Waals surface area contributed by atoms with Crippen molar-refractivity contribution < 1.29 is 23.9 Å². The van der Waals surface area contributed by atoms with Gasteiger partial charge in [-0.2, -0.15) is 0 Å². The van der Waals surface area contributed by atoms with E-state index in [0.717, 1.165) is 27.7 Å². The number of Topliss-reactive ketones (excluding diaryl/α,β-unsaturated/α-hetero) is 1. The van der Waals surface area contributed by atoms with Crippen molar-refractivity contribution in [1.29, 1.82) is 0 Å². The third kappa shape index (κ3) is 5.56. The smallest absolute Gasteiger partial charge is 0.407 e. The van der Waals surface area contributed by atoms with E-state index in [9.17, 15) is 14.4 Å². The van der Waals surface area contributed by atoms with Crippen LogP contribution in [0.1, 0.15) is 48.9 Å². The van der Waals surface area contributed by atoms with Gasteiger partial charge in [0.05, 0.1) is 18.9 Å². The van der Waals surface area contributed by atoms with Crippen molar-refractivity contribution in [2.24, 2.45) is 11.8 Å². The van der Waals surface area contributed by atoms with Gasteiger partial charge < -0.3 is 19.8 Å². The minimum Gasteiger partial charge on any atom is -0.469 e. The van der Waals surface area contributed by atoms with E-state index in [2.05, 4.69) is 10.3 Å². The molecule has 184 valence electrons. The summed E-state index contributed by atoms with van der Waals surface area (Å²) in [5.74, 6) is -0.997. The summed E-state index contributed by atoms with van der Waals surface area (Å²) in [6.07, 6.45) is 1.69. The molecule has 1 aliphatic rings. The van der Waals surface area contributed by atoms with Crippen LogP contribution in [0.25, 0.3) is 10.9 Å². The molecule has 1 aliphatic carbocycles. The Kier molecular flexibility index (Phi) is 7.85. The molecule has 1 saturated carbocycles. The predicted octanol–water partition coefficient (Wildman–Crippen LogP) is 4.90. The molecular weight excluding hydrogens is 444 g/mol. The first-order valence-electron chi connectivity index (χ1n) is 12.2. The number of carbonyl (C=O) groups excluding carboxylic acids is 3. The Morgan fingerprint density at radius 2 is 1.80 bits per heavy atom. The number of alkyl carbamates (subject to hydrolysis) is 1. The standard InChI is InChI=1S/C28H32N2O5/c1-3-19-15-20(27(32)34-2)16-23(26(19)31)25-22(21-11-7-8-12-24(21)30-25)13-14-29-28(33)35-17-18-9-5-4-6-10-18/h4-12,19-20,23,30H,3,13-17H2,1-2H3,(H,29,33)/t19-,20-,23-/m1/s1. The zero-order valence-corrected chi connectivity index (χ0v) is 20.2. The topological polar surface area (TPSA) is 97.5 Å². The number of ether oxygens (including phenoxy) is 2. The van der Waals surface area contributed by atoms with Gasteiger partial charge in [-0.05, 0) is 42.9 Å². The number of amides is 1. The second-order valence-corrected chi connectivity index (χ2v) is 9.05. The number of hydrogen-bond donors (Lipinski definition) is 2. The Bertz CT molecular complexity index is 1190. The number of aromatic nitrogens is 1. The summed E-state index contributed by atoms with van der Waals surface area (Å²) in [6, 6.07) is 17.4. The van der Waals surface area contributed by atoms with Crippen molar-refractivity contribution in [2.45, 2.75) is 45.1 Å². The minimum absolute atomic E-state index is 0.163. The summed E-state index contributed by atoms with van der Waals surface area (Å²) in [6.45, 7) is 2.55. The van der Waals surface area contributed by atoms with Crippen LogP contribution in [0.15, 0.2) is 54.6 Å². The lowest BCUT2D eigenvalue weighted by atomic mass is 9.71. The monoisotopic (exact) mass is 476 g/mol. The molecule has 0 unspecified atom stereocenters. The van der Waals surface area contributed by atoms with E-state index in [-0.39, 0.29) is 30.2 Å². The van der Waals surface area contributed by atoms with Gasteiger partial charge >= 0.3 is 12.1 Å². The van der Waals surface area contributed by atoms with Crippen LogP contribution in [0.4, 0.5) is 4.79 Å². The van der Waals surface area contributed by atoms with E-state index in [1.54, 1.807) is 0 Å². The number of methoxy groups -OCH3 is 1. The summed E-state index contributed by atoms with van der Waals surface area (Å²) < 4.78 is 10.3. The lowest BCUT2D eigenvalue weighted by Gasteiger charge is -2.32. The van der Waals surface area contributed by atoms with Gasteiger partial charge in [-0.1, -0.05) is 55.5 Å². The largest absolute Gasteiger partial charge is 0.469 e. The highest BCUT2D eigenvalue weighted by molar-refractivity contribution is 5.93. The molecular formula is C28H32N2O5. The molecule has 2 aromatic carbocycles. The maximum absolute atomic E-state index is 13.4. The normalized spacial score (nSPS) is 19.9. The van der Waals surface area contributed by atoms with Crippen molar-refractivity contribution in [2.75, 3.05) is 13.7 Å². The Balaban J connectivity index is 1.51. The Hall–Kier alpha value is -3.61.